The molecule has 2 rings (SSSR count). The molecule has 19 heavy (non-hydrogen) atoms. The number of aliphatic carboxylic acids is 1. The first-order valence-electron chi connectivity index (χ1n) is 6.60. The Morgan fingerprint density at radius 1 is 1.47 bits per heavy atom. The molecule has 4 heteroatoms. The molecule has 104 valence electrons. The van der Waals surface area contributed by atoms with Crippen LogP contribution >= 0.6 is 11.6 Å². The van der Waals surface area contributed by atoms with Gasteiger partial charge in [-0.1, -0.05) is 24.6 Å². The first-order chi connectivity index (χ1) is 8.93. The predicted octanol–water partition coefficient (Wildman–Crippen LogP) is 4.30. The zero-order chi connectivity index (χ0) is 14.0. The van der Waals surface area contributed by atoms with Crippen LogP contribution in [0.15, 0.2) is 18.2 Å². The van der Waals surface area contributed by atoms with E-state index in [-0.39, 0.29) is 5.02 Å². The summed E-state index contributed by atoms with van der Waals surface area (Å²) in [4.78, 5) is 11.6. The molecule has 0 radical (unpaired) electrons. The summed E-state index contributed by atoms with van der Waals surface area (Å²) < 4.78 is 13.1. The second-order valence-electron chi connectivity index (χ2n) is 5.69. The summed E-state index contributed by atoms with van der Waals surface area (Å²) in [7, 11) is 0. The molecule has 0 saturated heterocycles. The van der Waals surface area contributed by atoms with Crippen molar-refractivity contribution in [2.45, 2.75) is 39.0 Å². The van der Waals surface area contributed by atoms with Gasteiger partial charge >= 0.3 is 5.97 Å². The van der Waals surface area contributed by atoms with Crippen LogP contribution in [-0.4, -0.2) is 11.1 Å². The van der Waals surface area contributed by atoms with Crippen molar-refractivity contribution < 1.29 is 14.3 Å². The molecule has 0 aromatic heterocycles. The molecule has 1 fully saturated rings. The average Bonchev–Trinajstić information content (AvgIpc) is 2.37. The minimum atomic E-state index is -0.750. The molecule has 0 amide bonds. The molecule has 0 atom stereocenters. The Labute approximate surface area is 117 Å². The van der Waals surface area contributed by atoms with E-state index >= 15 is 0 Å². The molecular weight excluding hydrogens is 267 g/mol. The Morgan fingerprint density at radius 2 is 2.11 bits per heavy atom. The van der Waals surface area contributed by atoms with E-state index < -0.39 is 17.2 Å². The number of halogens is 2. The summed E-state index contributed by atoms with van der Waals surface area (Å²) >= 11 is 5.76. The maximum absolute atomic E-state index is 13.1. The molecule has 1 aromatic carbocycles. The van der Waals surface area contributed by atoms with E-state index in [0.29, 0.717) is 25.2 Å². The monoisotopic (exact) mass is 284 g/mol. The summed E-state index contributed by atoms with van der Waals surface area (Å²) in [5.74, 6) is -0.629. The van der Waals surface area contributed by atoms with Crippen LogP contribution in [-0.2, 0) is 11.2 Å². The van der Waals surface area contributed by atoms with Crippen molar-refractivity contribution in [3.05, 3.63) is 34.6 Å². The van der Waals surface area contributed by atoms with E-state index in [0.717, 1.165) is 18.4 Å². The minimum Gasteiger partial charge on any atom is -0.481 e. The summed E-state index contributed by atoms with van der Waals surface area (Å²) in [5, 5.41) is 9.61. The van der Waals surface area contributed by atoms with Crippen LogP contribution < -0.4 is 0 Å². The van der Waals surface area contributed by atoms with Crippen molar-refractivity contribution in [2.75, 3.05) is 0 Å². The molecule has 0 spiro atoms. The van der Waals surface area contributed by atoms with Gasteiger partial charge in [-0.25, -0.2) is 4.39 Å². The standard InChI is InChI=1S/C15H18ClFO2/c1-10-4-6-15(7-5-10,14(18)19)9-11-2-3-13(17)12(16)8-11/h2-3,8,10H,4-7,9H2,1H3,(H,18,19). The van der Waals surface area contributed by atoms with Gasteiger partial charge in [0, 0.05) is 0 Å². The Bertz CT molecular complexity index is 479. The van der Waals surface area contributed by atoms with Gasteiger partial charge in [-0.15, -0.1) is 0 Å². The summed E-state index contributed by atoms with van der Waals surface area (Å²) in [5.41, 5.74) is 0.0802. The van der Waals surface area contributed by atoms with Gasteiger partial charge in [0.2, 0.25) is 0 Å². The highest BCUT2D eigenvalue weighted by Gasteiger charge is 2.41. The quantitative estimate of drug-likeness (QED) is 0.898. The summed E-state index contributed by atoms with van der Waals surface area (Å²) in [6.45, 7) is 2.15. The van der Waals surface area contributed by atoms with Crippen LogP contribution in [0.2, 0.25) is 5.02 Å². The highest BCUT2D eigenvalue weighted by atomic mass is 35.5. The number of carboxylic acid groups (broad SMARTS) is 1. The largest absolute Gasteiger partial charge is 0.481 e. The third kappa shape index (κ3) is 3.08. The average molecular weight is 285 g/mol. The van der Waals surface area contributed by atoms with Gasteiger partial charge in [0.05, 0.1) is 10.4 Å². The topological polar surface area (TPSA) is 37.3 Å². The van der Waals surface area contributed by atoms with Crippen LogP contribution in [0, 0.1) is 17.2 Å². The van der Waals surface area contributed by atoms with Crippen LogP contribution in [0.4, 0.5) is 4.39 Å². The van der Waals surface area contributed by atoms with E-state index in [1.165, 1.54) is 6.07 Å². The molecule has 0 bridgehead atoms. The second-order valence-corrected chi connectivity index (χ2v) is 6.10. The van der Waals surface area contributed by atoms with Crippen LogP contribution in [0.1, 0.15) is 38.2 Å². The van der Waals surface area contributed by atoms with Crippen molar-refractivity contribution in [2.24, 2.45) is 11.3 Å². The van der Waals surface area contributed by atoms with Gasteiger partial charge < -0.3 is 5.11 Å². The zero-order valence-corrected chi connectivity index (χ0v) is 11.7. The summed E-state index contributed by atoms with van der Waals surface area (Å²) in [6.07, 6.45) is 3.65. The van der Waals surface area contributed by atoms with E-state index in [4.69, 9.17) is 11.6 Å². The smallest absolute Gasteiger partial charge is 0.309 e. The number of benzene rings is 1. The fourth-order valence-electron chi connectivity index (χ4n) is 2.82. The summed E-state index contributed by atoms with van der Waals surface area (Å²) in [6, 6.07) is 4.47. The SMILES string of the molecule is CC1CCC(Cc2ccc(F)c(Cl)c2)(C(=O)O)CC1. The molecule has 2 nitrogen and oxygen atoms in total. The highest BCUT2D eigenvalue weighted by Crippen LogP contribution is 2.42. The Morgan fingerprint density at radius 3 is 2.63 bits per heavy atom. The van der Waals surface area contributed by atoms with Gasteiger partial charge in [-0.05, 0) is 55.7 Å². The normalized spacial score (nSPS) is 27.2. The number of hydrogen-bond donors (Lipinski definition) is 1. The lowest BCUT2D eigenvalue weighted by Crippen LogP contribution is -2.37. The fraction of sp³-hybridized carbons (Fsp3) is 0.533. The van der Waals surface area contributed by atoms with Crippen molar-refractivity contribution in [1.82, 2.24) is 0 Å². The Balaban J connectivity index is 2.21. The lowest BCUT2D eigenvalue weighted by atomic mass is 9.68. The molecule has 1 aliphatic rings. The van der Waals surface area contributed by atoms with Crippen LogP contribution in [0.3, 0.4) is 0 Å². The van der Waals surface area contributed by atoms with Crippen molar-refractivity contribution >= 4 is 17.6 Å². The second kappa shape index (κ2) is 5.49. The Kier molecular flexibility index (Phi) is 4.14. The molecular formula is C15H18ClFO2. The van der Waals surface area contributed by atoms with Crippen molar-refractivity contribution in [3.8, 4) is 0 Å². The van der Waals surface area contributed by atoms with E-state index in [2.05, 4.69) is 6.92 Å². The van der Waals surface area contributed by atoms with Gasteiger partial charge in [0.25, 0.3) is 0 Å². The lowest BCUT2D eigenvalue weighted by Gasteiger charge is -2.36. The number of hydrogen-bond acceptors (Lipinski definition) is 1. The highest BCUT2D eigenvalue weighted by molar-refractivity contribution is 6.30. The predicted molar refractivity (Wildman–Crippen MR) is 72.8 cm³/mol. The third-order valence-electron chi connectivity index (χ3n) is 4.21. The lowest BCUT2D eigenvalue weighted by molar-refractivity contribution is -0.151. The minimum absolute atomic E-state index is 0.0576. The van der Waals surface area contributed by atoms with Crippen molar-refractivity contribution in [1.29, 1.82) is 0 Å². The number of carboxylic acids is 1. The van der Waals surface area contributed by atoms with E-state index in [1.54, 1.807) is 12.1 Å². The Hall–Kier alpha value is -1.09. The number of rotatable bonds is 3. The maximum atomic E-state index is 13.1. The first-order valence-corrected chi connectivity index (χ1v) is 6.98. The first kappa shape index (κ1) is 14.3. The van der Waals surface area contributed by atoms with Crippen LogP contribution in [0.5, 0.6) is 0 Å². The molecule has 1 aliphatic carbocycles. The van der Waals surface area contributed by atoms with Gasteiger partial charge in [-0.2, -0.15) is 0 Å². The molecule has 1 saturated carbocycles. The van der Waals surface area contributed by atoms with Crippen LogP contribution in [0.25, 0.3) is 0 Å². The van der Waals surface area contributed by atoms with Crippen molar-refractivity contribution in [3.63, 3.8) is 0 Å². The molecule has 1 N–H and O–H groups in total. The third-order valence-corrected chi connectivity index (χ3v) is 4.50. The van der Waals surface area contributed by atoms with E-state index in [1.807, 2.05) is 0 Å². The van der Waals surface area contributed by atoms with Gasteiger partial charge in [0.15, 0.2) is 0 Å². The molecule has 0 heterocycles. The van der Waals surface area contributed by atoms with E-state index in [9.17, 15) is 14.3 Å². The molecule has 1 aromatic rings. The molecule has 0 unspecified atom stereocenters. The molecule has 0 aliphatic heterocycles. The zero-order valence-electron chi connectivity index (χ0n) is 11.0. The van der Waals surface area contributed by atoms with Gasteiger partial charge in [-0.3, -0.25) is 4.79 Å². The van der Waals surface area contributed by atoms with Gasteiger partial charge in [0.1, 0.15) is 5.82 Å². The number of carbonyl (C=O) groups is 1. The maximum Gasteiger partial charge on any atom is 0.309 e. The fourth-order valence-corrected chi connectivity index (χ4v) is 3.02.